The van der Waals surface area contributed by atoms with Gasteiger partial charge in [0.2, 0.25) is 5.91 Å². The van der Waals surface area contributed by atoms with Crippen LogP contribution in [-0.2, 0) is 11.3 Å². The molecule has 1 aliphatic heterocycles. The molecule has 20 heavy (non-hydrogen) atoms. The summed E-state index contributed by atoms with van der Waals surface area (Å²) in [5.41, 5.74) is 0.930. The number of carbonyl (C=O) groups excluding carboxylic acids is 1. The van der Waals surface area contributed by atoms with Crippen molar-refractivity contribution in [1.82, 2.24) is 15.2 Å². The van der Waals surface area contributed by atoms with Crippen LogP contribution in [0.3, 0.4) is 0 Å². The Kier molecular flexibility index (Phi) is 10.0. The van der Waals surface area contributed by atoms with Gasteiger partial charge in [-0.15, -0.1) is 24.8 Å². The molecule has 1 atom stereocenters. The first-order valence-corrected chi connectivity index (χ1v) is 7.36. The monoisotopic (exact) mass is 337 g/mol. The Morgan fingerprint density at radius 3 is 2.90 bits per heavy atom. The molecule has 0 radical (unpaired) electrons. The first kappa shape index (κ1) is 19.5. The van der Waals surface area contributed by atoms with Crippen LogP contribution in [0.15, 0.2) is 24.4 Å². The topological polar surface area (TPSA) is 45.2 Å². The molecule has 1 aromatic heterocycles. The van der Waals surface area contributed by atoms with Crippen molar-refractivity contribution in [2.45, 2.75) is 19.0 Å². The fraction of sp³-hybridized carbons (Fsp3) is 0.538. The summed E-state index contributed by atoms with van der Waals surface area (Å²) in [6.07, 6.45) is 2.34. The first-order valence-electron chi connectivity index (χ1n) is 6.20. The van der Waals surface area contributed by atoms with Crippen LogP contribution in [0.4, 0.5) is 0 Å². The minimum absolute atomic E-state index is 0. The van der Waals surface area contributed by atoms with E-state index < -0.39 is 0 Å². The van der Waals surface area contributed by atoms with Crippen molar-refractivity contribution in [3.8, 4) is 0 Å². The molecule has 0 saturated carbocycles. The number of thioether (sulfide) groups is 1. The van der Waals surface area contributed by atoms with E-state index in [2.05, 4.69) is 10.3 Å². The zero-order chi connectivity index (χ0) is 12.8. The maximum atomic E-state index is 12.1. The van der Waals surface area contributed by atoms with Gasteiger partial charge in [0.1, 0.15) is 0 Å². The molecule has 2 heterocycles. The van der Waals surface area contributed by atoms with Gasteiger partial charge in [-0.1, -0.05) is 6.07 Å². The quantitative estimate of drug-likeness (QED) is 0.912. The molecule has 1 amide bonds. The van der Waals surface area contributed by atoms with Crippen LogP contribution in [0.2, 0.25) is 0 Å². The average Bonchev–Trinajstić information content (AvgIpc) is 2.41. The number of hydrogen-bond acceptors (Lipinski definition) is 4. The summed E-state index contributed by atoms with van der Waals surface area (Å²) in [6.45, 7) is 1.59. The molecule has 1 aromatic rings. The van der Waals surface area contributed by atoms with E-state index in [1.54, 1.807) is 11.1 Å². The summed E-state index contributed by atoms with van der Waals surface area (Å²) < 4.78 is 0. The molecule has 1 saturated heterocycles. The van der Waals surface area contributed by atoms with Gasteiger partial charge in [0, 0.05) is 43.8 Å². The lowest BCUT2D eigenvalue weighted by atomic mass is 10.2. The number of pyridine rings is 1. The van der Waals surface area contributed by atoms with Crippen molar-refractivity contribution in [2.75, 3.05) is 25.1 Å². The highest BCUT2D eigenvalue weighted by atomic mass is 35.5. The van der Waals surface area contributed by atoms with Gasteiger partial charge in [-0.05, 0) is 12.1 Å². The van der Waals surface area contributed by atoms with Crippen LogP contribution < -0.4 is 5.32 Å². The van der Waals surface area contributed by atoms with Gasteiger partial charge in [0.25, 0.3) is 0 Å². The lowest BCUT2D eigenvalue weighted by Crippen LogP contribution is -2.41. The van der Waals surface area contributed by atoms with Gasteiger partial charge >= 0.3 is 0 Å². The van der Waals surface area contributed by atoms with Crippen molar-refractivity contribution in [2.24, 2.45) is 0 Å². The van der Waals surface area contributed by atoms with Crippen molar-refractivity contribution < 1.29 is 4.79 Å². The van der Waals surface area contributed by atoms with Crippen LogP contribution in [0.1, 0.15) is 12.1 Å². The van der Waals surface area contributed by atoms with Crippen LogP contribution in [0, 0.1) is 0 Å². The fourth-order valence-electron chi connectivity index (χ4n) is 1.94. The second kappa shape index (κ2) is 10.3. The number of carbonyl (C=O) groups is 1. The molecule has 1 unspecified atom stereocenters. The van der Waals surface area contributed by atoms with Gasteiger partial charge in [0.15, 0.2) is 0 Å². The molecule has 0 aliphatic carbocycles. The van der Waals surface area contributed by atoms with Crippen molar-refractivity contribution in [3.63, 3.8) is 0 Å². The molecule has 1 aliphatic rings. The second-order valence-corrected chi connectivity index (χ2v) is 5.65. The third-order valence-electron chi connectivity index (χ3n) is 2.97. The van der Waals surface area contributed by atoms with Crippen molar-refractivity contribution in [3.05, 3.63) is 30.1 Å². The zero-order valence-corrected chi connectivity index (χ0v) is 13.9. The van der Waals surface area contributed by atoms with Crippen molar-refractivity contribution in [1.29, 1.82) is 0 Å². The highest BCUT2D eigenvalue weighted by molar-refractivity contribution is 7.99. The minimum atomic E-state index is 0. The number of nitrogens with one attached hydrogen (secondary N) is 1. The molecule has 4 nitrogen and oxygen atoms in total. The summed E-state index contributed by atoms with van der Waals surface area (Å²) in [6, 6.07) is 6.09. The number of halogens is 2. The van der Waals surface area contributed by atoms with E-state index in [4.69, 9.17) is 0 Å². The SMILES string of the molecule is CN(Cc1ccccn1)C(=O)CC1CSCCN1.Cl.Cl. The summed E-state index contributed by atoms with van der Waals surface area (Å²) in [4.78, 5) is 18.1. The number of rotatable bonds is 4. The molecule has 0 bridgehead atoms. The molecular weight excluding hydrogens is 317 g/mol. The molecular formula is C13H21Cl2N3OS. The Morgan fingerprint density at radius 2 is 2.30 bits per heavy atom. The van der Waals surface area contributed by atoms with E-state index in [-0.39, 0.29) is 30.7 Å². The lowest BCUT2D eigenvalue weighted by Gasteiger charge is -2.25. The predicted octanol–water partition coefficient (Wildman–Crippen LogP) is 1.98. The van der Waals surface area contributed by atoms with Crippen LogP contribution >= 0.6 is 36.6 Å². The number of nitrogens with zero attached hydrogens (tertiary/aromatic N) is 2. The van der Waals surface area contributed by atoms with E-state index in [0.717, 1.165) is 23.7 Å². The normalized spacial score (nSPS) is 17.6. The molecule has 1 fully saturated rings. The fourth-order valence-corrected chi connectivity index (χ4v) is 2.89. The molecule has 114 valence electrons. The third kappa shape index (κ3) is 6.31. The number of amides is 1. The maximum Gasteiger partial charge on any atom is 0.224 e. The van der Waals surface area contributed by atoms with Crippen LogP contribution in [0.5, 0.6) is 0 Å². The van der Waals surface area contributed by atoms with Crippen LogP contribution in [-0.4, -0.2) is 46.9 Å². The highest BCUT2D eigenvalue weighted by Crippen LogP contribution is 2.11. The summed E-state index contributed by atoms with van der Waals surface area (Å²) >= 11 is 1.92. The average molecular weight is 338 g/mol. The molecule has 2 rings (SSSR count). The Balaban J connectivity index is 0.00000180. The van der Waals surface area contributed by atoms with E-state index in [0.29, 0.717) is 19.0 Å². The predicted molar refractivity (Wildman–Crippen MR) is 88.9 cm³/mol. The van der Waals surface area contributed by atoms with E-state index in [1.807, 2.05) is 37.0 Å². The lowest BCUT2D eigenvalue weighted by molar-refractivity contribution is -0.130. The second-order valence-electron chi connectivity index (χ2n) is 4.50. The highest BCUT2D eigenvalue weighted by Gasteiger charge is 2.19. The van der Waals surface area contributed by atoms with Gasteiger partial charge in [-0.2, -0.15) is 11.8 Å². The Labute approximate surface area is 136 Å². The Morgan fingerprint density at radius 1 is 1.50 bits per heavy atom. The Hall–Kier alpha value is -0.490. The third-order valence-corrected chi connectivity index (χ3v) is 4.10. The summed E-state index contributed by atoms with van der Waals surface area (Å²) in [5, 5.41) is 3.38. The maximum absolute atomic E-state index is 12.1. The number of hydrogen-bond donors (Lipinski definition) is 1. The smallest absolute Gasteiger partial charge is 0.224 e. The zero-order valence-electron chi connectivity index (χ0n) is 11.4. The molecule has 7 heteroatoms. The first-order chi connectivity index (χ1) is 8.75. The summed E-state index contributed by atoms with van der Waals surface area (Å²) in [5.74, 6) is 2.36. The van der Waals surface area contributed by atoms with E-state index in [1.165, 1.54) is 0 Å². The Bertz CT molecular complexity index is 388. The molecule has 0 spiro atoms. The van der Waals surface area contributed by atoms with Crippen molar-refractivity contribution >= 4 is 42.5 Å². The molecule has 1 N–H and O–H groups in total. The van der Waals surface area contributed by atoms with Gasteiger partial charge < -0.3 is 10.2 Å². The largest absolute Gasteiger partial charge is 0.340 e. The van der Waals surface area contributed by atoms with Gasteiger partial charge in [0.05, 0.1) is 12.2 Å². The standard InChI is InChI=1S/C13H19N3OS.2ClH/c1-16(9-11-4-2-3-5-14-11)13(17)8-12-10-18-7-6-15-12;;/h2-5,12,15H,6-10H2,1H3;2*1H. The summed E-state index contributed by atoms with van der Waals surface area (Å²) in [7, 11) is 1.84. The number of aromatic nitrogens is 1. The van der Waals surface area contributed by atoms with Gasteiger partial charge in [-0.3, -0.25) is 9.78 Å². The van der Waals surface area contributed by atoms with Gasteiger partial charge in [-0.25, -0.2) is 0 Å². The van der Waals surface area contributed by atoms with E-state index in [9.17, 15) is 4.79 Å². The van der Waals surface area contributed by atoms with Crippen LogP contribution in [0.25, 0.3) is 0 Å². The minimum Gasteiger partial charge on any atom is -0.340 e. The van der Waals surface area contributed by atoms with E-state index >= 15 is 0 Å². The molecule has 0 aromatic carbocycles.